The monoisotopic (exact) mass is 326 g/mol. The summed E-state index contributed by atoms with van der Waals surface area (Å²) < 4.78 is 65.9. The number of aryl methyl sites for hydroxylation is 1. The molecule has 0 aromatic heterocycles. The molecule has 0 spiro atoms. The van der Waals surface area contributed by atoms with Gasteiger partial charge in [0.2, 0.25) is 10.0 Å². The molecule has 0 aliphatic heterocycles. The third-order valence-electron chi connectivity index (χ3n) is 2.66. The zero-order valence-corrected chi connectivity index (χ0v) is 12.2. The summed E-state index contributed by atoms with van der Waals surface area (Å²) in [4.78, 5) is 0.0179. The van der Waals surface area contributed by atoms with Crippen LogP contribution in [0.5, 0.6) is 0 Å². The Kier molecular flexibility index (Phi) is 6.14. The number of alkyl halides is 3. The zero-order chi connectivity index (χ0) is 16.1. The third kappa shape index (κ3) is 6.00. The molecule has 120 valence electrons. The second-order valence-corrected chi connectivity index (χ2v) is 6.12. The second-order valence-electron chi connectivity index (χ2n) is 4.36. The molecular formula is C12H17F3N2O3S. The molecule has 1 rings (SSSR count). The molecule has 0 saturated carbocycles. The first-order valence-corrected chi connectivity index (χ1v) is 7.58. The van der Waals surface area contributed by atoms with Crippen LogP contribution in [0.25, 0.3) is 0 Å². The highest BCUT2D eigenvalue weighted by atomic mass is 32.2. The van der Waals surface area contributed by atoms with Gasteiger partial charge in [0.05, 0.1) is 11.5 Å². The Morgan fingerprint density at radius 2 is 2.00 bits per heavy atom. The Morgan fingerprint density at radius 3 is 2.57 bits per heavy atom. The van der Waals surface area contributed by atoms with Crippen molar-refractivity contribution in [3.8, 4) is 0 Å². The predicted octanol–water partition coefficient (Wildman–Crippen LogP) is 1.31. The summed E-state index contributed by atoms with van der Waals surface area (Å²) in [7, 11) is -3.79. The van der Waals surface area contributed by atoms with Gasteiger partial charge < -0.3 is 10.5 Å². The first-order chi connectivity index (χ1) is 9.65. The summed E-state index contributed by atoms with van der Waals surface area (Å²) in [6.07, 6.45) is -4.42. The van der Waals surface area contributed by atoms with Gasteiger partial charge in [0.15, 0.2) is 0 Å². The second kappa shape index (κ2) is 7.21. The lowest BCUT2D eigenvalue weighted by Gasteiger charge is -2.10. The van der Waals surface area contributed by atoms with Crippen molar-refractivity contribution < 1.29 is 26.3 Å². The lowest BCUT2D eigenvalue weighted by Crippen LogP contribution is -2.29. The third-order valence-corrected chi connectivity index (χ3v) is 4.11. The minimum Gasteiger partial charge on any atom is -0.371 e. The summed E-state index contributed by atoms with van der Waals surface area (Å²) in [5.41, 5.74) is 7.05. The minimum atomic E-state index is -4.42. The molecule has 0 fully saturated rings. The fourth-order valence-corrected chi connectivity index (χ4v) is 2.62. The fourth-order valence-electron chi connectivity index (χ4n) is 1.55. The Morgan fingerprint density at radius 1 is 1.33 bits per heavy atom. The van der Waals surface area contributed by atoms with Crippen molar-refractivity contribution in [3.63, 3.8) is 0 Å². The summed E-state index contributed by atoms with van der Waals surface area (Å²) in [5, 5.41) is 0. The van der Waals surface area contributed by atoms with Crippen molar-refractivity contribution in [1.82, 2.24) is 4.72 Å². The molecule has 0 aliphatic rings. The minimum absolute atomic E-state index is 0.0179. The van der Waals surface area contributed by atoms with E-state index in [1.807, 2.05) is 0 Å². The number of sulfonamides is 1. The van der Waals surface area contributed by atoms with E-state index in [9.17, 15) is 21.6 Å². The maximum atomic E-state index is 11.9. The molecular weight excluding hydrogens is 309 g/mol. The average molecular weight is 326 g/mol. The highest BCUT2D eigenvalue weighted by Crippen LogP contribution is 2.15. The van der Waals surface area contributed by atoms with Gasteiger partial charge in [0.25, 0.3) is 0 Å². The number of benzene rings is 1. The number of rotatable bonds is 7. The maximum absolute atomic E-state index is 11.9. The highest BCUT2D eigenvalue weighted by molar-refractivity contribution is 7.89. The van der Waals surface area contributed by atoms with Gasteiger partial charge in [-0.3, -0.25) is 0 Å². The van der Waals surface area contributed by atoms with Crippen LogP contribution in [0.4, 0.5) is 13.2 Å². The molecule has 5 nitrogen and oxygen atoms in total. The largest absolute Gasteiger partial charge is 0.411 e. The van der Waals surface area contributed by atoms with E-state index in [1.54, 1.807) is 13.0 Å². The molecule has 1 aromatic carbocycles. The molecule has 0 unspecified atom stereocenters. The number of hydrogen-bond donors (Lipinski definition) is 2. The topological polar surface area (TPSA) is 81.4 Å². The molecule has 21 heavy (non-hydrogen) atoms. The van der Waals surface area contributed by atoms with E-state index < -0.39 is 22.8 Å². The lowest BCUT2D eigenvalue weighted by atomic mass is 10.1. The standard InChI is InChI=1S/C12H17F3N2O3S/c1-9-2-3-11(6-10(9)7-16)21(18,19)17-4-5-20-8-12(13,14)15/h2-3,6,17H,4-5,7-8,16H2,1H3. The van der Waals surface area contributed by atoms with E-state index in [2.05, 4.69) is 9.46 Å². The molecule has 0 bridgehead atoms. The van der Waals surface area contributed by atoms with Gasteiger partial charge in [-0.15, -0.1) is 0 Å². The normalized spacial score (nSPS) is 12.6. The van der Waals surface area contributed by atoms with E-state index in [1.165, 1.54) is 12.1 Å². The number of hydrogen-bond acceptors (Lipinski definition) is 4. The first kappa shape index (κ1) is 17.9. The smallest absolute Gasteiger partial charge is 0.371 e. The predicted molar refractivity (Wildman–Crippen MR) is 71.1 cm³/mol. The van der Waals surface area contributed by atoms with E-state index in [4.69, 9.17) is 5.73 Å². The van der Waals surface area contributed by atoms with Gasteiger partial charge >= 0.3 is 6.18 Å². The molecule has 3 N–H and O–H groups in total. The van der Waals surface area contributed by atoms with Crippen LogP contribution in [0.1, 0.15) is 11.1 Å². The lowest BCUT2D eigenvalue weighted by molar-refractivity contribution is -0.173. The van der Waals surface area contributed by atoms with Gasteiger partial charge in [-0.1, -0.05) is 6.07 Å². The SMILES string of the molecule is Cc1ccc(S(=O)(=O)NCCOCC(F)(F)F)cc1CN. The molecule has 0 aliphatic carbocycles. The van der Waals surface area contributed by atoms with Crippen LogP contribution in [0.2, 0.25) is 0 Å². The van der Waals surface area contributed by atoms with Crippen LogP contribution >= 0.6 is 0 Å². The Balaban J connectivity index is 2.58. The van der Waals surface area contributed by atoms with Gasteiger partial charge in [-0.05, 0) is 30.2 Å². The van der Waals surface area contributed by atoms with Crippen LogP contribution in [0.15, 0.2) is 23.1 Å². The van der Waals surface area contributed by atoms with Crippen LogP contribution in [0, 0.1) is 6.92 Å². The van der Waals surface area contributed by atoms with Gasteiger partial charge in [-0.25, -0.2) is 13.1 Å². The number of ether oxygens (including phenoxy) is 1. The van der Waals surface area contributed by atoms with Gasteiger partial charge in [0.1, 0.15) is 6.61 Å². The van der Waals surface area contributed by atoms with Crippen molar-refractivity contribution in [3.05, 3.63) is 29.3 Å². The molecule has 0 amide bonds. The maximum Gasteiger partial charge on any atom is 0.411 e. The summed E-state index contributed by atoms with van der Waals surface area (Å²) in [6.45, 7) is -0.0178. The van der Waals surface area contributed by atoms with E-state index in [0.717, 1.165) is 5.56 Å². The quantitative estimate of drug-likeness (QED) is 0.740. The molecule has 1 aromatic rings. The fraction of sp³-hybridized carbons (Fsp3) is 0.500. The van der Waals surface area contributed by atoms with Crippen molar-refractivity contribution >= 4 is 10.0 Å². The van der Waals surface area contributed by atoms with Gasteiger partial charge in [0, 0.05) is 13.1 Å². The summed E-state index contributed by atoms with van der Waals surface area (Å²) >= 11 is 0. The Bertz CT molecular complexity index is 574. The number of nitrogens with one attached hydrogen (secondary N) is 1. The average Bonchev–Trinajstić information content (AvgIpc) is 2.37. The van der Waals surface area contributed by atoms with E-state index >= 15 is 0 Å². The van der Waals surface area contributed by atoms with Crippen LogP contribution < -0.4 is 10.5 Å². The Hall–Kier alpha value is -1.16. The van der Waals surface area contributed by atoms with E-state index in [-0.39, 0.29) is 24.6 Å². The Labute approximate surface area is 121 Å². The van der Waals surface area contributed by atoms with Crippen LogP contribution in [0.3, 0.4) is 0 Å². The molecule has 0 saturated heterocycles. The van der Waals surface area contributed by atoms with Crippen molar-refractivity contribution in [2.45, 2.75) is 24.5 Å². The summed E-state index contributed by atoms with van der Waals surface area (Å²) in [5.74, 6) is 0. The molecule has 0 radical (unpaired) electrons. The molecule has 9 heteroatoms. The zero-order valence-electron chi connectivity index (χ0n) is 11.4. The van der Waals surface area contributed by atoms with Crippen LogP contribution in [-0.4, -0.2) is 34.4 Å². The number of halogens is 3. The molecule has 0 atom stereocenters. The van der Waals surface area contributed by atoms with Gasteiger partial charge in [-0.2, -0.15) is 13.2 Å². The molecule has 0 heterocycles. The van der Waals surface area contributed by atoms with Crippen molar-refractivity contribution in [2.75, 3.05) is 19.8 Å². The highest BCUT2D eigenvalue weighted by Gasteiger charge is 2.27. The van der Waals surface area contributed by atoms with Crippen molar-refractivity contribution in [1.29, 1.82) is 0 Å². The number of nitrogens with two attached hydrogens (primary N) is 1. The van der Waals surface area contributed by atoms with Crippen molar-refractivity contribution in [2.24, 2.45) is 5.73 Å². The summed E-state index contributed by atoms with van der Waals surface area (Å²) in [6, 6.07) is 4.47. The van der Waals surface area contributed by atoms with Crippen LogP contribution in [-0.2, 0) is 21.3 Å². The first-order valence-electron chi connectivity index (χ1n) is 6.09. The van der Waals surface area contributed by atoms with E-state index in [0.29, 0.717) is 5.56 Å².